The van der Waals surface area contributed by atoms with Crippen LogP contribution < -0.4 is 15.0 Å². The third kappa shape index (κ3) is 4.90. The molecule has 0 unspecified atom stereocenters. The zero-order valence-corrected chi connectivity index (χ0v) is 19.1. The maximum absolute atomic E-state index is 13.2. The van der Waals surface area contributed by atoms with Gasteiger partial charge < -0.3 is 19.7 Å². The number of carbonyl (C=O) groups excluding carboxylic acids is 1. The lowest BCUT2D eigenvalue weighted by atomic mass is 10.1. The van der Waals surface area contributed by atoms with Gasteiger partial charge in [0.05, 0.1) is 36.6 Å². The van der Waals surface area contributed by atoms with Crippen molar-refractivity contribution in [2.45, 2.75) is 24.2 Å². The molecular formula is C23H29N3O5S. The molecule has 32 heavy (non-hydrogen) atoms. The van der Waals surface area contributed by atoms with Crippen LogP contribution in [0.5, 0.6) is 5.75 Å². The Balaban J connectivity index is 1.68. The molecule has 0 radical (unpaired) electrons. The van der Waals surface area contributed by atoms with Gasteiger partial charge >= 0.3 is 0 Å². The molecule has 0 atom stereocenters. The van der Waals surface area contributed by atoms with Crippen LogP contribution in [0.1, 0.15) is 29.6 Å². The van der Waals surface area contributed by atoms with Crippen LogP contribution in [-0.4, -0.2) is 65.1 Å². The summed E-state index contributed by atoms with van der Waals surface area (Å²) in [6.45, 7) is 3.15. The highest BCUT2D eigenvalue weighted by Crippen LogP contribution is 2.32. The topological polar surface area (TPSA) is 88.2 Å². The molecule has 0 bridgehead atoms. The zero-order valence-electron chi connectivity index (χ0n) is 18.2. The van der Waals surface area contributed by atoms with E-state index in [1.54, 1.807) is 49.6 Å². The minimum absolute atomic E-state index is 0.168. The largest absolute Gasteiger partial charge is 0.497 e. The number of benzene rings is 2. The SMILES string of the molecule is COc1cccc(C(=O)Nc2cc(S(=O)(=O)N3CCOCC3)ccc2N2CCCCC2)c1. The van der Waals surface area contributed by atoms with Crippen molar-refractivity contribution >= 4 is 27.3 Å². The van der Waals surface area contributed by atoms with E-state index in [1.165, 1.54) is 10.7 Å². The molecule has 8 nitrogen and oxygen atoms in total. The van der Waals surface area contributed by atoms with Crippen molar-refractivity contribution in [1.82, 2.24) is 4.31 Å². The van der Waals surface area contributed by atoms with Crippen LogP contribution >= 0.6 is 0 Å². The van der Waals surface area contributed by atoms with Crippen molar-refractivity contribution in [2.24, 2.45) is 0 Å². The minimum Gasteiger partial charge on any atom is -0.497 e. The molecule has 9 heteroatoms. The van der Waals surface area contributed by atoms with Crippen LogP contribution in [-0.2, 0) is 14.8 Å². The Hall–Kier alpha value is -2.62. The van der Waals surface area contributed by atoms with Gasteiger partial charge in [-0.1, -0.05) is 6.07 Å². The molecule has 2 aromatic carbocycles. The number of morpholine rings is 1. The number of nitrogens with one attached hydrogen (secondary N) is 1. The van der Waals surface area contributed by atoms with Gasteiger partial charge in [-0.2, -0.15) is 4.31 Å². The van der Waals surface area contributed by atoms with E-state index in [-0.39, 0.29) is 10.8 Å². The molecule has 2 aliphatic heterocycles. The standard InChI is InChI=1S/C23H29N3O5S/c1-30-19-7-5-6-18(16-19)23(27)24-21-17-20(32(28,29)26-12-14-31-15-13-26)8-9-22(21)25-10-3-2-4-11-25/h5-9,16-17H,2-4,10-15H2,1H3,(H,24,27). The summed E-state index contributed by atoms with van der Waals surface area (Å²) in [7, 11) is -2.13. The number of carbonyl (C=O) groups is 1. The summed E-state index contributed by atoms with van der Waals surface area (Å²) in [6.07, 6.45) is 3.31. The van der Waals surface area contributed by atoms with Crippen molar-refractivity contribution in [3.63, 3.8) is 0 Å². The second kappa shape index (κ2) is 9.89. The number of piperidine rings is 1. The Bertz CT molecular complexity index is 1060. The van der Waals surface area contributed by atoms with E-state index in [0.717, 1.165) is 31.6 Å². The smallest absolute Gasteiger partial charge is 0.255 e. The van der Waals surface area contributed by atoms with Crippen LogP contribution in [0.4, 0.5) is 11.4 Å². The van der Waals surface area contributed by atoms with Gasteiger partial charge in [-0.15, -0.1) is 0 Å². The molecule has 4 rings (SSSR count). The summed E-state index contributed by atoms with van der Waals surface area (Å²) < 4.78 is 38.3. The number of anilines is 2. The number of ether oxygens (including phenoxy) is 2. The highest BCUT2D eigenvalue weighted by molar-refractivity contribution is 7.89. The first-order valence-corrected chi connectivity index (χ1v) is 12.4. The van der Waals surface area contributed by atoms with Crippen LogP contribution in [0, 0.1) is 0 Å². The lowest BCUT2D eigenvalue weighted by Crippen LogP contribution is -2.40. The van der Waals surface area contributed by atoms with Crippen LogP contribution in [0.3, 0.4) is 0 Å². The zero-order chi connectivity index (χ0) is 22.6. The molecule has 0 aromatic heterocycles. The summed E-state index contributed by atoms with van der Waals surface area (Å²) in [5.41, 5.74) is 1.77. The highest BCUT2D eigenvalue weighted by Gasteiger charge is 2.28. The highest BCUT2D eigenvalue weighted by atomic mass is 32.2. The molecule has 1 amide bonds. The summed E-state index contributed by atoms with van der Waals surface area (Å²) >= 11 is 0. The summed E-state index contributed by atoms with van der Waals surface area (Å²) in [6, 6.07) is 11.9. The van der Waals surface area contributed by atoms with Crippen molar-refractivity contribution in [2.75, 3.05) is 56.7 Å². The Morgan fingerprint density at radius 1 is 1.00 bits per heavy atom. The number of rotatable bonds is 6. The molecule has 0 saturated carbocycles. The molecule has 2 aliphatic rings. The van der Waals surface area contributed by atoms with Gasteiger partial charge in [0.2, 0.25) is 10.0 Å². The Morgan fingerprint density at radius 2 is 1.75 bits per heavy atom. The average molecular weight is 460 g/mol. The van der Waals surface area contributed by atoms with Gasteiger partial charge in [-0.3, -0.25) is 4.79 Å². The second-order valence-electron chi connectivity index (χ2n) is 7.93. The van der Waals surface area contributed by atoms with Gasteiger partial charge in [0.1, 0.15) is 5.75 Å². The first kappa shape index (κ1) is 22.6. The third-order valence-electron chi connectivity index (χ3n) is 5.85. The molecule has 2 fully saturated rings. The molecule has 172 valence electrons. The van der Waals surface area contributed by atoms with E-state index >= 15 is 0 Å². The number of methoxy groups -OCH3 is 1. The maximum Gasteiger partial charge on any atom is 0.255 e. The molecular weight excluding hydrogens is 430 g/mol. The molecule has 0 spiro atoms. The van der Waals surface area contributed by atoms with E-state index in [9.17, 15) is 13.2 Å². The van der Waals surface area contributed by atoms with Crippen LogP contribution in [0.15, 0.2) is 47.4 Å². The minimum atomic E-state index is -3.68. The molecule has 2 aromatic rings. The number of amides is 1. The first-order chi connectivity index (χ1) is 15.5. The monoisotopic (exact) mass is 459 g/mol. The van der Waals surface area contributed by atoms with Gasteiger partial charge in [0.15, 0.2) is 0 Å². The average Bonchev–Trinajstić information content (AvgIpc) is 2.85. The summed E-state index contributed by atoms with van der Waals surface area (Å²) in [5, 5.41) is 2.95. The molecule has 2 heterocycles. The first-order valence-electron chi connectivity index (χ1n) is 10.9. The van der Waals surface area contributed by atoms with E-state index in [0.29, 0.717) is 43.3 Å². The fourth-order valence-electron chi connectivity index (χ4n) is 4.08. The fraction of sp³-hybridized carbons (Fsp3) is 0.435. The van der Waals surface area contributed by atoms with Crippen LogP contribution in [0.2, 0.25) is 0 Å². The number of hydrogen-bond donors (Lipinski definition) is 1. The predicted octanol–water partition coefficient (Wildman–Crippen LogP) is 2.96. The predicted molar refractivity (Wildman–Crippen MR) is 123 cm³/mol. The lowest BCUT2D eigenvalue weighted by molar-refractivity contribution is 0.0730. The molecule has 2 saturated heterocycles. The third-order valence-corrected chi connectivity index (χ3v) is 7.75. The Kier molecular flexibility index (Phi) is 6.98. The Labute approximate surface area is 189 Å². The van der Waals surface area contributed by atoms with Gasteiger partial charge in [-0.25, -0.2) is 8.42 Å². The van der Waals surface area contributed by atoms with Gasteiger partial charge in [0.25, 0.3) is 5.91 Å². The fourth-order valence-corrected chi connectivity index (χ4v) is 5.52. The Morgan fingerprint density at radius 3 is 2.47 bits per heavy atom. The van der Waals surface area contributed by atoms with E-state index in [2.05, 4.69) is 10.2 Å². The summed E-state index contributed by atoms with van der Waals surface area (Å²) in [5.74, 6) is 0.264. The number of nitrogens with zero attached hydrogens (tertiary/aromatic N) is 2. The molecule has 0 aliphatic carbocycles. The van der Waals surface area contributed by atoms with Crippen molar-refractivity contribution in [1.29, 1.82) is 0 Å². The quantitative estimate of drug-likeness (QED) is 0.715. The number of sulfonamides is 1. The molecule has 1 N–H and O–H groups in total. The van der Waals surface area contributed by atoms with E-state index < -0.39 is 10.0 Å². The van der Waals surface area contributed by atoms with E-state index in [4.69, 9.17) is 9.47 Å². The van der Waals surface area contributed by atoms with Gasteiger partial charge in [0, 0.05) is 31.7 Å². The van der Waals surface area contributed by atoms with E-state index in [1.807, 2.05) is 0 Å². The maximum atomic E-state index is 13.2. The van der Waals surface area contributed by atoms with Gasteiger partial charge in [-0.05, 0) is 55.7 Å². The van der Waals surface area contributed by atoms with Crippen LogP contribution in [0.25, 0.3) is 0 Å². The lowest BCUT2D eigenvalue weighted by Gasteiger charge is -2.31. The number of hydrogen-bond acceptors (Lipinski definition) is 6. The normalized spacial score (nSPS) is 17.7. The van der Waals surface area contributed by atoms with Crippen molar-refractivity contribution in [3.8, 4) is 5.75 Å². The van der Waals surface area contributed by atoms with Crippen molar-refractivity contribution in [3.05, 3.63) is 48.0 Å². The van der Waals surface area contributed by atoms with Crippen molar-refractivity contribution < 1.29 is 22.7 Å². The second-order valence-corrected chi connectivity index (χ2v) is 9.87. The summed E-state index contributed by atoms with van der Waals surface area (Å²) in [4.78, 5) is 15.4.